The van der Waals surface area contributed by atoms with Gasteiger partial charge in [-0.05, 0) is 42.5 Å². The van der Waals surface area contributed by atoms with Crippen molar-refractivity contribution in [2.75, 3.05) is 10.6 Å². The number of nitro benzene ring substituents is 1. The highest BCUT2D eigenvalue weighted by atomic mass is 16.6. The van der Waals surface area contributed by atoms with Crippen LogP contribution < -0.4 is 10.6 Å². The molecule has 0 fully saturated rings. The molecule has 0 aliphatic rings. The smallest absolute Gasteiger partial charge is 0.270 e. The molecule has 2 N–H and O–H groups in total. The van der Waals surface area contributed by atoms with Crippen LogP contribution in [-0.2, 0) is 9.59 Å². The number of carbonyl (C=O) groups is 2. The van der Waals surface area contributed by atoms with Crippen molar-refractivity contribution >= 4 is 35.0 Å². The highest BCUT2D eigenvalue weighted by molar-refractivity contribution is 6.02. The Morgan fingerprint density at radius 2 is 1.69 bits per heavy atom. The van der Waals surface area contributed by atoms with Gasteiger partial charge in [-0.1, -0.05) is 12.1 Å². The van der Waals surface area contributed by atoms with E-state index in [1.165, 1.54) is 31.2 Å². The maximum absolute atomic E-state index is 12.1. The van der Waals surface area contributed by atoms with Crippen LogP contribution in [0.2, 0.25) is 0 Å². The van der Waals surface area contributed by atoms with Crippen molar-refractivity contribution in [1.29, 1.82) is 0 Å². The third-order valence-corrected chi connectivity index (χ3v) is 3.84. The Morgan fingerprint density at radius 1 is 1.00 bits per heavy atom. The monoisotopic (exact) mass is 391 g/mol. The first kappa shape index (κ1) is 19.6. The standard InChI is InChI=1S/C21H17N3O5/c1-14(25)22-16-5-7-17(8-6-16)23-21(26)12-10-19-9-11-20(29-19)15-3-2-4-18(13-15)24(27)28/h2-13H,1H3,(H,22,25)(H,23,26). The summed E-state index contributed by atoms with van der Waals surface area (Å²) in [5, 5.41) is 16.2. The van der Waals surface area contributed by atoms with E-state index < -0.39 is 4.92 Å². The van der Waals surface area contributed by atoms with E-state index in [0.29, 0.717) is 28.5 Å². The quantitative estimate of drug-likeness (QED) is 0.366. The van der Waals surface area contributed by atoms with Gasteiger partial charge < -0.3 is 15.1 Å². The Bertz CT molecular complexity index is 1080. The number of anilines is 2. The first-order chi connectivity index (χ1) is 13.9. The second kappa shape index (κ2) is 8.66. The third-order valence-electron chi connectivity index (χ3n) is 3.84. The van der Waals surface area contributed by atoms with E-state index in [-0.39, 0.29) is 17.5 Å². The van der Waals surface area contributed by atoms with Crippen molar-refractivity contribution < 1.29 is 18.9 Å². The van der Waals surface area contributed by atoms with Crippen LogP contribution in [0.3, 0.4) is 0 Å². The van der Waals surface area contributed by atoms with Crippen LogP contribution >= 0.6 is 0 Å². The van der Waals surface area contributed by atoms with Crippen molar-refractivity contribution in [2.45, 2.75) is 6.92 Å². The number of non-ortho nitro benzene ring substituents is 1. The van der Waals surface area contributed by atoms with E-state index in [2.05, 4.69) is 10.6 Å². The number of benzene rings is 2. The highest BCUT2D eigenvalue weighted by Gasteiger charge is 2.09. The molecule has 8 heteroatoms. The van der Waals surface area contributed by atoms with Gasteiger partial charge in [-0.3, -0.25) is 19.7 Å². The number of rotatable bonds is 6. The maximum Gasteiger partial charge on any atom is 0.270 e. The molecule has 0 unspecified atom stereocenters. The number of hydrogen-bond donors (Lipinski definition) is 2. The first-order valence-electron chi connectivity index (χ1n) is 8.62. The van der Waals surface area contributed by atoms with Crippen molar-refractivity contribution in [3.05, 3.63) is 82.6 Å². The van der Waals surface area contributed by atoms with Gasteiger partial charge in [0.1, 0.15) is 11.5 Å². The Hall–Kier alpha value is -4.20. The normalized spacial score (nSPS) is 10.7. The zero-order valence-corrected chi connectivity index (χ0v) is 15.4. The molecule has 0 spiro atoms. The highest BCUT2D eigenvalue weighted by Crippen LogP contribution is 2.26. The van der Waals surface area contributed by atoms with E-state index in [0.717, 1.165) is 0 Å². The van der Waals surface area contributed by atoms with Crippen molar-refractivity contribution in [3.63, 3.8) is 0 Å². The Labute approximate surface area is 166 Å². The molecule has 0 bridgehead atoms. The van der Waals surface area contributed by atoms with Crippen LogP contribution in [0.4, 0.5) is 17.1 Å². The molecule has 1 heterocycles. The lowest BCUT2D eigenvalue weighted by Gasteiger charge is -2.05. The van der Waals surface area contributed by atoms with Gasteiger partial charge in [0.15, 0.2) is 0 Å². The summed E-state index contributed by atoms with van der Waals surface area (Å²) < 4.78 is 5.63. The zero-order valence-electron chi connectivity index (χ0n) is 15.4. The molecule has 3 rings (SSSR count). The van der Waals surface area contributed by atoms with Crippen LogP contribution in [0.5, 0.6) is 0 Å². The van der Waals surface area contributed by atoms with Gasteiger partial charge in [-0.2, -0.15) is 0 Å². The van der Waals surface area contributed by atoms with Gasteiger partial charge >= 0.3 is 0 Å². The van der Waals surface area contributed by atoms with Crippen LogP contribution in [0.15, 0.2) is 71.2 Å². The summed E-state index contributed by atoms with van der Waals surface area (Å²) >= 11 is 0. The van der Waals surface area contributed by atoms with Crippen LogP contribution in [0, 0.1) is 10.1 Å². The molecule has 0 aliphatic carbocycles. The molecule has 29 heavy (non-hydrogen) atoms. The lowest BCUT2D eigenvalue weighted by atomic mass is 10.1. The van der Waals surface area contributed by atoms with E-state index in [9.17, 15) is 19.7 Å². The summed E-state index contributed by atoms with van der Waals surface area (Å²) in [6, 6.07) is 16.2. The summed E-state index contributed by atoms with van der Waals surface area (Å²) in [5.41, 5.74) is 1.75. The number of nitro groups is 1. The third kappa shape index (κ3) is 5.39. The molecule has 146 valence electrons. The molecule has 2 amide bonds. The largest absolute Gasteiger partial charge is 0.457 e. The van der Waals surface area contributed by atoms with E-state index in [4.69, 9.17) is 4.42 Å². The fraction of sp³-hybridized carbons (Fsp3) is 0.0476. The predicted octanol–water partition coefficient (Wildman–Crippen LogP) is 4.47. The Balaban J connectivity index is 1.63. The van der Waals surface area contributed by atoms with Gasteiger partial charge in [0.2, 0.25) is 11.8 Å². The molecule has 2 aromatic carbocycles. The van der Waals surface area contributed by atoms with Gasteiger partial charge in [-0.25, -0.2) is 0 Å². The Morgan fingerprint density at radius 3 is 2.34 bits per heavy atom. The second-order valence-electron chi connectivity index (χ2n) is 6.09. The molecule has 0 saturated carbocycles. The van der Waals surface area contributed by atoms with Crippen LogP contribution in [-0.4, -0.2) is 16.7 Å². The minimum Gasteiger partial charge on any atom is -0.457 e. The fourth-order valence-electron chi connectivity index (χ4n) is 2.55. The summed E-state index contributed by atoms with van der Waals surface area (Å²) in [4.78, 5) is 33.5. The molecule has 0 radical (unpaired) electrons. The molecular formula is C21H17N3O5. The molecule has 8 nitrogen and oxygen atoms in total. The Kier molecular flexibility index (Phi) is 5.84. The topological polar surface area (TPSA) is 114 Å². The summed E-state index contributed by atoms with van der Waals surface area (Å²) in [6.07, 6.45) is 2.82. The number of hydrogen-bond acceptors (Lipinski definition) is 5. The number of amides is 2. The predicted molar refractivity (Wildman–Crippen MR) is 109 cm³/mol. The summed E-state index contributed by atoms with van der Waals surface area (Å²) in [7, 11) is 0. The number of nitrogens with zero attached hydrogens (tertiary/aromatic N) is 1. The van der Waals surface area contributed by atoms with Gasteiger partial charge in [0.05, 0.1) is 4.92 Å². The molecular weight excluding hydrogens is 374 g/mol. The first-order valence-corrected chi connectivity index (χ1v) is 8.62. The molecule has 0 aliphatic heterocycles. The van der Waals surface area contributed by atoms with Crippen molar-refractivity contribution in [2.24, 2.45) is 0 Å². The molecule has 0 atom stereocenters. The lowest BCUT2D eigenvalue weighted by molar-refractivity contribution is -0.384. The van der Waals surface area contributed by atoms with Gasteiger partial charge in [-0.15, -0.1) is 0 Å². The number of carbonyl (C=O) groups excluding carboxylic acids is 2. The average Bonchev–Trinajstić information content (AvgIpc) is 3.17. The van der Waals surface area contributed by atoms with Gasteiger partial charge in [0, 0.05) is 42.1 Å². The van der Waals surface area contributed by atoms with Crippen LogP contribution in [0.25, 0.3) is 17.4 Å². The average molecular weight is 391 g/mol. The zero-order chi connectivity index (χ0) is 20.8. The minimum absolute atomic E-state index is 0.0279. The van der Waals surface area contributed by atoms with Crippen molar-refractivity contribution in [3.8, 4) is 11.3 Å². The second-order valence-corrected chi connectivity index (χ2v) is 6.09. The summed E-state index contributed by atoms with van der Waals surface area (Å²) in [5.74, 6) is 0.364. The van der Waals surface area contributed by atoms with E-state index in [1.807, 2.05) is 0 Å². The fourth-order valence-corrected chi connectivity index (χ4v) is 2.55. The van der Waals surface area contributed by atoms with Crippen molar-refractivity contribution in [1.82, 2.24) is 0 Å². The molecule has 0 saturated heterocycles. The van der Waals surface area contributed by atoms with E-state index in [1.54, 1.807) is 48.5 Å². The molecule has 1 aromatic heterocycles. The SMILES string of the molecule is CC(=O)Nc1ccc(NC(=O)C=Cc2ccc(-c3cccc([N+](=O)[O-])c3)o2)cc1. The number of nitrogens with one attached hydrogen (secondary N) is 2. The lowest BCUT2D eigenvalue weighted by Crippen LogP contribution is -2.08. The number of furan rings is 1. The van der Waals surface area contributed by atoms with Crippen LogP contribution in [0.1, 0.15) is 12.7 Å². The minimum atomic E-state index is -0.472. The maximum atomic E-state index is 12.1. The van der Waals surface area contributed by atoms with Gasteiger partial charge in [0.25, 0.3) is 5.69 Å². The van der Waals surface area contributed by atoms with E-state index >= 15 is 0 Å². The summed E-state index contributed by atoms with van der Waals surface area (Å²) in [6.45, 7) is 1.42. The molecule has 3 aromatic rings.